The summed E-state index contributed by atoms with van der Waals surface area (Å²) >= 11 is 7.25. The van der Waals surface area contributed by atoms with Crippen LogP contribution in [0.3, 0.4) is 0 Å². The molecule has 4 rings (SSSR count). The molecule has 0 spiro atoms. The van der Waals surface area contributed by atoms with E-state index in [0.29, 0.717) is 15.9 Å². The molecule has 1 amide bonds. The second kappa shape index (κ2) is 7.93. The number of amides is 1. The van der Waals surface area contributed by atoms with Gasteiger partial charge in [-0.15, -0.1) is 10.2 Å². The first kappa shape index (κ1) is 19.5. The number of pyridine rings is 1. The Hall–Kier alpha value is -2.77. The minimum Gasteiger partial charge on any atom is -0.497 e. The van der Waals surface area contributed by atoms with Gasteiger partial charge in [-0.2, -0.15) is 0 Å². The van der Waals surface area contributed by atoms with Crippen molar-refractivity contribution < 1.29 is 9.53 Å². The fourth-order valence-electron chi connectivity index (χ4n) is 3.09. The molecule has 4 aromatic rings. The van der Waals surface area contributed by atoms with Gasteiger partial charge in [0.15, 0.2) is 10.8 Å². The van der Waals surface area contributed by atoms with Crippen molar-refractivity contribution in [1.29, 1.82) is 0 Å². The van der Waals surface area contributed by atoms with Crippen LogP contribution in [0.4, 0.5) is 5.69 Å². The lowest BCUT2D eigenvalue weighted by Gasteiger charge is -2.13. The first-order chi connectivity index (χ1) is 14.0. The molecule has 0 aliphatic carbocycles. The SMILES string of the molecule is COc1ccc2c(C)cc3nnc(S[C@H](C)C(=O)Nc4ccc(Cl)cc4)n3c2c1. The van der Waals surface area contributed by atoms with Crippen molar-refractivity contribution in [1.82, 2.24) is 14.6 Å². The summed E-state index contributed by atoms with van der Waals surface area (Å²) in [7, 11) is 1.64. The lowest BCUT2D eigenvalue weighted by atomic mass is 10.1. The molecule has 1 atom stereocenters. The molecule has 0 aliphatic rings. The molecule has 2 heterocycles. The predicted molar refractivity (Wildman–Crippen MR) is 117 cm³/mol. The number of methoxy groups -OCH3 is 1. The number of benzene rings is 2. The summed E-state index contributed by atoms with van der Waals surface area (Å²) in [5.74, 6) is 0.630. The Balaban J connectivity index is 1.66. The Morgan fingerprint density at radius 1 is 1.17 bits per heavy atom. The number of nitrogens with one attached hydrogen (secondary N) is 1. The van der Waals surface area contributed by atoms with Crippen LogP contribution < -0.4 is 10.1 Å². The number of hydrogen-bond acceptors (Lipinski definition) is 5. The third-order valence-electron chi connectivity index (χ3n) is 4.64. The second-order valence-electron chi connectivity index (χ2n) is 6.64. The first-order valence-electron chi connectivity index (χ1n) is 9.02. The predicted octanol–water partition coefficient (Wildman–Crippen LogP) is 4.97. The minimum atomic E-state index is -0.375. The van der Waals surface area contributed by atoms with Crippen LogP contribution in [0, 0.1) is 6.92 Å². The van der Waals surface area contributed by atoms with Crippen molar-refractivity contribution in [3.05, 3.63) is 59.1 Å². The zero-order chi connectivity index (χ0) is 20.5. The third-order valence-corrected chi connectivity index (χ3v) is 5.93. The van der Waals surface area contributed by atoms with E-state index < -0.39 is 0 Å². The number of nitrogens with zero attached hydrogens (tertiary/aromatic N) is 3. The van der Waals surface area contributed by atoms with Crippen molar-refractivity contribution in [2.45, 2.75) is 24.3 Å². The van der Waals surface area contributed by atoms with Gasteiger partial charge in [-0.3, -0.25) is 9.20 Å². The highest BCUT2D eigenvalue weighted by Gasteiger charge is 2.20. The Morgan fingerprint density at radius 2 is 1.93 bits per heavy atom. The molecule has 2 aromatic heterocycles. The quantitative estimate of drug-likeness (QED) is 0.456. The van der Waals surface area contributed by atoms with Gasteiger partial charge in [-0.1, -0.05) is 23.4 Å². The topological polar surface area (TPSA) is 68.5 Å². The van der Waals surface area contributed by atoms with E-state index >= 15 is 0 Å². The first-order valence-corrected chi connectivity index (χ1v) is 10.3. The molecule has 0 aliphatic heterocycles. The van der Waals surface area contributed by atoms with Crippen molar-refractivity contribution in [3.8, 4) is 5.75 Å². The number of aryl methyl sites for hydroxylation is 1. The molecule has 6 nitrogen and oxygen atoms in total. The van der Waals surface area contributed by atoms with Crippen LogP contribution in [0.2, 0.25) is 5.02 Å². The van der Waals surface area contributed by atoms with Gasteiger partial charge in [0.2, 0.25) is 5.91 Å². The molecule has 0 saturated heterocycles. The number of carbonyl (C=O) groups excluding carboxylic acids is 1. The summed E-state index contributed by atoms with van der Waals surface area (Å²) in [4.78, 5) is 12.6. The Kier molecular flexibility index (Phi) is 5.34. The van der Waals surface area contributed by atoms with Crippen molar-refractivity contribution >= 4 is 51.5 Å². The molecule has 0 unspecified atom stereocenters. The fourth-order valence-corrected chi connectivity index (χ4v) is 4.09. The molecular formula is C21H19ClN4O2S. The van der Waals surface area contributed by atoms with Gasteiger partial charge in [0.1, 0.15) is 5.75 Å². The number of rotatable bonds is 5. The van der Waals surface area contributed by atoms with Crippen LogP contribution in [0.1, 0.15) is 12.5 Å². The van der Waals surface area contributed by atoms with E-state index in [4.69, 9.17) is 16.3 Å². The van der Waals surface area contributed by atoms with Gasteiger partial charge < -0.3 is 10.1 Å². The number of ether oxygens (including phenoxy) is 1. The normalized spacial score (nSPS) is 12.3. The number of halogens is 1. The number of thioether (sulfide) groups is 1. The van der Waals surface area contributed by atoms with Crippen LogP contribution >= 0.6 is 23.4 Å². The highest BCUT2D eigenvalue weighted by molar-refractivity contribution is 8.00. The Morgan fingerprint density at radius 3 is 2.66 bits per heavy atom. The monoisotopic (exact) mass is 426 g/mol. The van der Waals surface area contributed by atoms with Gasteiger partial charge in [0, 0.05) is 22.2 Å². The maximum absolute atomic E-state index is 12.6. The van der Waals surface area contributed by atoms with E-state index in [1.54, 1.807) is 31.4 Å². The van der Waals surface area contributed by atoms with Crippen molar-refractivity contribution in [2.24, 2.45) is 0 Å². The molecule has 148 valence electrons. The van der Waals surface area contributed by atoms with E-state index in [1.807, 2.05) is 42.5 Å². The zero-order valence-corrected chi connectivity index (χ0v) is 17.7. The smallest absolute Gasteiger partial charge is 0.237 e. The maximum Gasteiger partial charge on any atom is 0.237 e. The van der Waals surface area contributed by atoms with E-state index in [9.17, 15) is 4.79 Å². The van der Waals surface area contributed by atoms with E-state index in [1.165, 1.54) is 11.8 Å². The van der Waals surface area contributed by atoms with Crippen LogP contribution in [0.5, 0.6) is 5.75 Å². The third kappa shape index (κ3) is 3.88. The summed E-state index contributed by atoms with van der Waals surface area (Å²) in [6, 6.07) is 14.9. The number of carbonyl (C=O) groups is 1. The lowest BCUT2D eigenvalue weighted by molar-refractivity contribution is -0.115. The van der Waals surface area contributed by atoms with Gasteiger partial charge in [0.05, 0.1) is 17.9 Å². The lowest BCUT2D eigenvalue weighted by Crippen LogP contribution is -2.22. The van der Waals surface area contributed by atoms with E-state index in [2.05, 4.69) is 15.5 Å². The molecule has 2 aromatic carbocycles. The van der Waals surface area contributed by atoms with Crippen molar-refractivity contribution in [3.63, 3.8) is 0 Å². The van der Waals surface area contributed by atoms with Gasteiger partial charge >= 0.3 is 0 Å². The molecule has 0 saturated carbocycles. The largest absolute Gasteiger partial charge is 0.497 e. The Labute approximate surface area is 177 Å². The van der Waals surface area contributed by atoms with Crippen molar-refractivity contribution in [2.75, 3.05) is 12.4 Å². The average Bonchev–Trinajstić information content (AvgIpc) is 3.11. The summed E-state index contributed by atoms with van der Waals surface area (Å²) in [6.45, 7) is 3.88. The standard InChI is InChI=1S/C21H19ClN4O2S/c1-12-10-19-24-25-21(26(19)18-11-16(28-3)8-9-17(12)18)29-13(2)20(27)23-15-6-4-14(22)5-7-15/h4-11,13H,1-3H3,(H,23,27)/t13-/m1/s1. The average molecular weight is 427 g/mol. The summed E-state index contributed by atoms with van der Waals surface area (Å²) in [5.41, 5.74) is 3.48. The fraction of sp³-hybridized carbons (Fsp3) is 0.190. The van der Waals surface area contributed by atoms with Crippen LogP contribution in [0.15, 0.2) is 53.7 Å². The van der Waals surface area contributed by atoms with Crippen LogP contribution in [0.25, 0.3) is 16.6 Å². The van der Waals surface area contributed by atoms with E-state index in [0.717, 1.165) is 27.9 Å². The highest BCUT2D eigenvalue weighted by atomic mass is 35.5. The highest BCUT2D eigenvalue weighted by Crippen LogP contribution is 2.30. The van der Waals surface area contributed by atoms with Gasteiger partial charge in [0.25, 0.3) is 0 Å². The molecular weight excluding hydrogens is 408 g/mol. The van der Waals surface area contributed by atoms with Crippen LogP contribution in [-0.2, 0) is 4.79 Å². The zero-order valence-electron chi connectivity index (χ0n) is 16.1. The Bertz CT molecular complexity index is 1210. The molecule has 0 bridgehead atoms. The van der Waals surface area contributed by atoms with Gasteiger partial charge in [-0.25, -0.2) is 0 Å². The van der Waals surface area contributed by atoms with E-state index in [-0.39, 0.29) is 11.2 Å². The minimum absolute atomic E-state index is 0.122. The molecule has 29 heavy (non-hydrogen) atoms. The summed E-state index contributed by atoms with van der Waals surface area (Å²) < 4.78 is 7.35. The number of aromatic nitrogens is 3. The second-order valence-corrected chi connectivity index (χ2v) is 8.39. The molecule has 1 N–H and O–H groups in total. The number of anilines is 1. The van der Waals surface area contributed by atoms with Gasteiger partial charge in [-0.05, 0) is 61.9 Å². The number of hydrogen-bond donors (Lipinski definition) is 1. The summed E-state index contributed by atoms with van der Waals surface area (Å²) in [5, 5.41) is 13.5. The molecule has 0 fully saturated rings. The maximum atomic E-state index is 12.6. The summed E-state index contributed by atoms with van der Waals surface area (Å²) in [6.07, 6.45) is 0. The number of fused-ring (bicyclic) bond motifs is 3. The molecule has 8 heteroatoms. The molecule has 0 radical (unpaired) electrons. The van der Waals surface area contributed by atoms with Crippen LogP contribution in [-0.4, -0.2) is 32.9 Å².